The first-order chi connectivity index (χ1) is 9.56. The molecule has 1 heterocycles. The fraction of sp³-hybridized carbons (Fsp3) is 0.231. The molecule has 1 aromatic heterocycles. The van der Waals surface area contributed by atoms with E-state index < -0.39 is 5.82 Å². The summed E-state index contributed by atoms with van der Waals surface area (Å²) in [4.78, 5) is 4.63. The average molecular weight is 372 g/mol. The van der Waals surface area contributed by atoms with Gasteiger partial charge in [-0.3, -0.25) is 0 Å². The van der Waals surface area contributed by atoms with Crippen molar-refractivity contribution in [2.75, 3.05) is 5.32 Å². The molecule has 0 radical (unpaired) electrons. The summed E-state index contributed by atoms with van der Waals surface area (Å²) < 4.78 is 14.5. The van der Waals surface area contributed by atoms with Crippen LogP contribution < -0.4 is 11.1 Å². The number of hydrogen-bond acceptors (Lipinski definition) is 4. The maximum absolute atomic E-state index is 14.2. The van der Waals surface area contributed by atoms with E-state index in [1.807, 2.05) is 5.38 Å². The quantitative estimate of drug-likeness (QED) is 0.786. The lowest BCUT2D eigenvalue weighted by atomic mass is 10.2. The van der Waals surface area contributed by atoms with E-state index in [1.165, 1.54) is 24.2 Å². The maximum Gasteiger partial charge on any atom is 0.187 e. The molecule has 0 spiro atoms. The summed E-state index contributed by atoms with van der Waals surface area (Å²) in [6.45, 7) is 0. The van der Waals surface area contributed by atoms with Crippen molar-refractivity contribution in [2.24, 2.45) is 5.73 Å². The first-order valence-corrected chi connectivity index (χ1v) is 8.14. The molecule has 1 aromatic carbocycles. The van der Waals surface area contributed by atoms with Crippen LogP contribution in [0.15, 0.2) is 22.0 Å². The predicted molar refractivity (Wildman–Crippen MR) is 87.4 cm³/mol. The van der Waals surface area contributed by atoms with Crippen LogP contribution in [0.5, 0.6) is 0 Å². The van der Waals surface area contributed by atoms with Gasteiger partial charge in [-0.25, -0.2) is 9.37 Å². The molecule has 0 atom stereocenters. The number of hydrogen-bond donors (Lipinski definition) is 2. The molecule has 0 bridgehead atoms. The molecular weight excluding hydrogens is 361 g/mol. The summed E-state index contributed by atoms with van der Waals surface area (Å²) in [6.07, 6.45) is 2.40. The number of nitrogens with one attached hydrogen (secondary N) is 1. The van der Waals surface area contributed by atoms with Crippen LogP contribution in [0.3, 0.4) is 0 Å². The number of anilines is 2. The van der Waals surface area contributed by atoms with E-state index >= 15 is 0 Å². The summed E-state index contributed by atoms with van der Waals surface area (Å²) in [5, 5.41) is 5.72. The largest absolute Gasteiger partial charge is 0.389 e. The fourth-order valence-electron chi connectivity index (χ4n) is 1.86. The summed E-state index contributed by atoms with van der Waals surface area (Å²) in [5.74, 6) is 0.175. The van der Waals surface area contributed by atoms with E-state index in [0.29, 0.717) is 22.3 Å². The Balaban J connectivity index is 1.86. The van der Waals surface area contributed by atoms with Gasteiger partial charge in [0.25, 0.3) is 0 Å². The van der Waals surface area contributed by atoms with Crippen molar-refractivity contribution in [3.8, 4) is 0 Å². The second-order valence-electron chi connectivity index (χ2n) is 4.63. The molecule has 0 aliphatic heterocycles. The van der Waals surface area contributed by atoms with Crippen LogP contribution in [0.1, 0.15) is 30.0 Å². The van der Waals surface area contributed by atoms with E-state index in [2.05, 4.69) is 26.2 Å². The van der Waals surface area contributed by atoms with Crippen LogP contribution in [-0.4, -0.2) is 9.97 Å². The van der Waals surface area contributed by atoms with E-state index in [0.717, 1.165) is 5.69 Å². The van der Waals surface area contributed by atoms with Gasteiger partial charge in [0, 0.05) is 16.9 Å². The third-order valence-electron chi connectivity index (χ3n) is 3.11. The minimum absolute atomic E-state index is 0.160. The van der Waals surface area contributed by atoms with Crippen LogP contribution in [0, 0.1) is 5.82 Å². The van der Waals surface area contributed by atoms with Gasteiger partial charge in [-0.2, -0.15) is 0 Å². The second-order valence-corrected chi connectivity index (χ2v) is 6.72. The van der Waals surface area contributed by atoms with Crippen LogP contribution in [0.2, 0.25) is 0 Å². The van der Waals surface area contributed by atoms with Crippen molar-refractivity contribution < 1.29 is 4.39 Å². The average Bonchev–Trinajstić information content (AvgIpc) is 3.15. The molecule has 3 rings (SSSR count). The molecule has 1 fully saturated rings. The minimum Gasteiger partial charge on any atom is -0.389 e. The highest BCUT2D eigenvalue weighted by Crippen LogP contribution is 2.41. The van der Waals surface area contributed by atoms with Gasteiger partial charge in [-0.15, -0.1) is 11.3 Å². The van der Waals surface area contributed by atoms with Crippen molar-refractivity contribution in [1.82, 2.24) is 4.98 Å². The van der Waals surface area contributed by atoms with Crippen molar-refractivity contribution in [2.45, 2.75) is 18.8 Å². The number of nitrogens with zero attached hydrogens (tertiary/aromatic N) is 1. The molecule has 1 aliphatic carbocycles. The zero-order valence-electron chi connectivity index (χ0n) is 10.3. The van der Waals surface area contributed by atoms with Crippen LogP contribution in [-0.2, 0) is 0 Å². The SMILES string of the molecule is NC(=S)c1ccc(Nc2nc(C3CC3)cs2)c(F)c1Br. The van der Waals surface area contributed by atoms with E-state index in [1.54, 1.807) is 12.1 Å². The first-order valence-electron chi connectivity index (χ1n) is 6.06. The third-order valence-corrected chi connectivity index (χ3v) is 4.88. The first kappa shape index (κ1) is 13.9. The van der Waals surface area contributed by atoms with Gasteiger partial charge in [0.15, 0.2) is 10.9 Å². The maximum atomic E-state index is 14.2. The Morgan fingerprint density at radius 3 is 2.90 bits per heavy atom. The van der Waals surface area contributed by atoms with Crippen molar-refractivity contribution in [3.05, 3.63) is 39.1 Å². The molecule has 0 unspecified atom stereocenters. The summed E-state index contributed by atoms with van der Waals surface area (Å²) in [5.41, 5.74) is 7.47. The molecule has 0 saturated heterocycles. The normalized spacial score (nSPS) is 14.3. The van der Waals surface area contributed by atoms with Crippen molar-refractivity contribution >= 4 is 55.3 Å². The number of rotatable bonds is 4. The fourth-order valence-corrected chi connectivity index (χ4v) is 3.53. The van der Waals surface area contributed by atoms with Crippen LogP contribution in [0.25, 0.3) is 0 Å². The number of halogens is 2. The van der Waals surface area contributed by atoms with Crippen molar-refractivity contribution in [3.63, 3.8) is 0 Å². The Labute approximate surface area is 133 Å². The highest BCUT2D eigenvalue weighted by atomic mass is 79.9. The van der Waals surface area contributed by atoms with E-state index in [4.69, 9.17) is 18.0 Å². The lowest BCUT2D eigenvalue weighted by Gasteiger charge is -2.09. The number of thiocarbonyl (C=S) groups is 1. The Morgan fingerprint density at radius 1 is 1.50 bits per heavy atom. The second kappa shape index (κ2) is 5.38. The van der Waals surface area contributed by atoms with E-state index in [9.17, 15) is 4.39 Å². The Kier molecular flexibility index (Phi) is 3.74. The zero-order chi connectivity index (χ0) is 14.3. The molecule has 104 valence electrons. The number of aromatic nitrogens is 1. The van der Waals surface area contributed by atoms with Gasteiger partial charge >= 0.3 is 0 Å². The minimum atomic E-state index is -0.418. The summed E-state index contributed by atoms with van der Waals surface area (Å²) in [6, 6.07) is 3.31. The van der Waals surface area contributed by atoms with Gasteiger partial charge in [0.05, 0.1) is 15.9 Å². The molecular formula is C13H11BrFN3S2. The molecule has 0 amide bonds. The van der Waals surface area contributed by atoms with E-state index in [-0.39, 0.29) is 9.46 Å². The Hall–Kier alpha value is -1.05. The van der Waals surface area contributed by atoms with Gasteiger partial charge in [0.1, 0.15) is 4.99 Å². The van der Waals surface area contributed by atoms with Gasteiger partial charge in [-0.05, 0) is 40.9 Å². The number of nitrogens with two attached hydrogens (primary N) is 1. The monoisotopic (exact) mass is 371 g/mol. The molecule has 20 heavy (non-hydrogen) atoms. The molecule has 3 nitrogen and oxygen atoms in total. The van der Waals surface area contributed by atoms with Gasteiger partial charge < -0.3 is 11.1 Å². The molecule has 3 N–H and O–H groups in total. The van der Waals surface area contributed by atoms with Crippen molar-refractivity contribution in [1.29, 1.82) is 0 Å². The summed E-state index contributed by atoms with van der Waals surface area (Å²) >= 11 is 9.54. The lowest BCUT2D eigenvalue weighted by Crippen LogP contribution is -2.11. The highest BCUT2D eigenvalue weighted by molar-refractivity contribution is 9.10. The Bertz CT molecular complexity index is 682. The van der Waals surface area contributed by atoms with Gasteiger partial charge in [-0.1, -0.05) is 12.2 Å². The number of benzene rings is 1. The molecule has 1 saturated carbocycles. The van der Waals surface area contributed by atoms with Crippen LogP contribution >= 0.6 is 39.5 Å². The Morgan fingerprint density at radius 2 is 2.25 bits per heavy atom. The highest BCUT2D eigenvalue weighted by Gasteiger charge is 2.26. The lowest BCUT2D eigenvalue weighted by molar-refractivity contribution is 0.625. The molecule has 2 aromatic rings. The number of thiazole rings is 1. The summed E-state index contributed by atoms with van der Waals surface area (Å²) in [7, 11) is 0. The topological polar surface area (TPSA) is 50.9 Å². The predicted octanol–water partition coefficient (Wildman–Crippen LogP) is 4.30. The third kappa shape index (κ3) is 2.70. The van der Waals surface area contributed by atoms with Crippen LogP contribution in [0.4, 0.5) is 15.2 Å². The molecule has 1 aliphatic rings. The smallest absolute Gasteiger partial charge is 0.187 e. The standard InChI is InChI=1S/C13H11BrFN3S2/c14-10-7(12(16)19)3-4-8(11(10)15)17-13-18-9(5-20-13)6-1-2-6/h3-6H,1-2H2,(H2,16,19)(H,17,18). The zero-order valence-corrected chi connectivity index (χ0v) is 13.5. The molecule has 7 heteroatoms. The van der Waals surface area contributed by atoms with Gasteiger partial charge in [0.2, 0.25) is 0 Å².